The molecule has 0 spiro atoms. The summed E-state index contributed by atoms with van der Waals surface area (Å²) in [6.45, 7) is 5.90. The van der Waals surface area contributed by atoms with Crippen LogP contribution in [-0.2, 0) is 9.53 Å². The highest BCUT2D eigenvalue weighted by molar-refractivity contribution is 5.83. The van der Waals surface area contributed by atoms with Crippen LogP contribution in [0.25, 0.3) is 0 Å². The number of carbonyl (C=O) groups excluding carboxylic acids is 1. The second-order valence-electron chi connectivity index (χ2n) is 5.57. The third-order valence-corrected chi connectivity index (χ3v) is 3.56. The minimum Gasteiger partial charge on any atom is -0.375 e. The van der Waals surface area contributed by atoms with E-state index in [2.05, 4.69) is 19.2 Å². The average Bonchev–Trinajstić information content (AvgIpc) is 2.48. The molecule has 2 heterocycles. The van der Waals surface area contributed by atoms with Crippen LogP contribution in [0.4, 0.5) is 0 Å². The monoisotopic (exact) mass is 226 g/mol. The number of likely N-dealkylation sites (tertiary alicyclic amines) is 1. The molecule has 16 heavy (non-hydrogen) atoms. The first-order chi connectivity index (χ1) is 7.48. The molecule has 0 aromatic heterocycles. The number of nitrogens with zero attached hydrogens (tertiary/aromatic N) is 1. The highest BCUT2D eigenvalue weighted by Gasteiger charge is 2.34. The maximum Gasteiger partial charge on any atom is 0.239 e. The van der Waals surface area contributed by atoms with Gasteiger partial charge in [-0.1, -0.05) is 0 Å². The van der Waals surface area contributed by atoms with Gasteiger partial charge < -0.3 is 15.0 Å². The summed E-state index contributed by atoms with van der Waals surface area (Å²) in [5, 5.41) is 3.48. The normalized spacial score (nSPS) is 34.4. The Labute approximate surface area is 97.3 Å². The second kappa shape index (κ2) is 4.34. The van der Waals surface area contributed by atoms with Gasteiger partial charge in [0.15, 0.2) is 0 Å². The highest BCUT2D eigenvalue weighted by atomic mass is 16.5. The van der Waals surface area contributed by atoms with Gasteiger partial charge in [-0.2, -0.15) is 0 Å². The minimum absolute atomic E-state index is 0.0314. The van der Waals surface area contributed by atoms with Gasteiger partial charge in [0.1, 0.15) is 0 Å². The summed E-state index contributed by atoms with van der Waals surface area (Å²) in [4.78, 5) is 13.6. The maximum atomic E-state index is 11.8. The Morgan fingerprint density at radius 1 is 1.44 bits per heavy atom. The lowest BCUT2D eigenvalue weighted by Crippen LogP contribution is -2.49. The second-order valence-corrected chi connectivity index (χ2v) is 5.57. The van der Waals surface area contributed by atoms with E-state index in [1.807, 2.05) is 11.9 Å². The van der Waals surface area contributed by atoms with Crippen LogP contribution in [0.5, 0.6) is 0 Å². The van der Waals surface area contributed by atoms with Crippen LogP contribution in [0, 0.1) is 0 Å². The summed E-state index contributed by atoms with van der Waals surface area (Å²) in [7, 11) is 1.87. The molecule has 0 radical (unpaired) electrons. The van der Waals surface area contributed by atoms with Gasteiger partial charge in [-0.15, -0.1) is 0 Å². The van der Waals surface area contributed by atoms with Crippen molar-refractivity contribution in [1.82, 2.24) is 10.2 Å². The molecule has 2 atom stereocenters. The molecule has 4 nitrogen and oxygen atoms in total. The zero-order valence-electron chi connectivity index (χ0n) is 10.5. The molecule has 0 aliphatic carbocycles. The SMILES string of the molecule is CN1CCC(NC2CCOC(C)(C)C2)C1=O. The smallest absolute Gasteiger partial charge is 0.239 e. The van der Waals surface area contributed by atoms with Crippen molar-refractivity contribution >= 4 is 5.91 Å². The molecule has 2 rings (SSSR count). The Bertz CT molecular complexity index is 278. The average molecular weight is 226 g/mol. The van der Waals surface area contributed by atoms with Crippen LogP contribution < -0.4 is 5.32 Å². The highest BCUT2D eigenvalue weighted by Crippen LogP contribution is 2.25. The zero-order chi connectivity index (χ0) is 11.8. The number of likely N-dealkylation sites (N-methyl/N-ethyl adjacent to an activating group) is 1. The van der Waals surface area contributed by atoms with Crippen molar-refractivity contribution in [3.63, 3.8) is 0 Å². The summed E-state index contributed by atoms with van der Waals surface area (Å²) < 4.78 is 5.67. The van der Waals surface area contributed by atoms with Gasteiger partial charge in [0, 0.05) is 26.2 Å². The zero-order valence-corrected chi connectivity index (χ0v) is 10.5. The molecular weight excluding hydrogens is 204 g/mol. The number of nitrogens with one attached hydrogen (secondary N) is 1. The number of ether oxygens (including phenoxy) is 1. The standard InChI is InChI=1S/C12H22N2O2/c1-12(2)8-9(5-7-16-12)13-10-4-6-14(3)11(10)15/h9-10,13H,4-8H2,1-3H3. The summed E-state index contributed by atoms with van der Waals surface area (Å²) in [6, 6.07) is 0.452. The molecule has 1 amide bonds. The van der Waals surface area contributed by atoms with E-state index in [0.29, 0.717) is 6.04 Å². The molecule has 0 aromatic carbocycles. The van der Waals surface area contributed by atoms with E-state index < -0.39 is 0 Å². The number of hydrogen-bond donors (Lipinski definition) is 1. The Morgan fingerprint density at radius 2 is 2.19 bits per heavy atom. The van der Waals surface area contributed by atoms with Gasteiger partial charge >= 0.3 is 0 Å². The van der Waals surface area contributed by atoms with E-state index >= 15 is 0 Å². The Hall–Kier alpha value is -0.610. The molecule has 92 valence electrons. The number of amides is 1. The summed E-state index contributed by atoms with van der Waals surface area (Å²) >= 11 is 0. The van der Waals surface area contributed by atoms with Crippen LogP contribution in [-0.4, -0.2) is 48.7 Å². The molecule has 2 saturated heterocycles. The van der Waals surface area contributed by atoms with E-state index in [9.17, 15) is 4.79 Å². The predicted octanol–water partition coefficient (Wildman–Crippen LogP) is 0.764. The third kappa shape index (κ3) is 2.55. The predicted molar refractivity (Wildman–Crippen MR) is 62.2 cm³/mol. The number of carbonyl (C=O) groups is 1. The molecule has 2 aliphatic heterocycles. The van der Waals surface area contributed by atoms with Crippen molar-refractivity contribution in [3.05, 3.63) is 0 Å². The van der Waals surface area contributed by atoms with Gasteiger partial charge in [-0.3, -0.25) is 4.79 Å². The minimum atomic E-state index is -0.0521. The molecule has 0 bridgehead atoms. The summed E-state index contributed by atoms with van der Waals surface area (Å²) in [5.74, 6) is 0.240. The van der Waals surface area contributed by atoms with Crippen LogP contribution in [0.15, 0.2) is 0 Å². The molecule has 2 unspecified atom stereocenters. The van der Waals surface area contributed by atoms with Gasteiger partial charge in [0.05, 0.1) is 11.6 Å². The quantitative estimate of drug-likeness (QED) is 0.756. The summed E-state index contributed by atoms with van der Waals surface area (Å²) in [5.41, 5.74) is -0.0521. The van der Waals surface area contributed by atoms with Crippen molar-refractivity contribution < 1.29 is 9.53 Å². The Balaban J connectivity index is 1.88. The van der Waals surface area contributed by atoms with E-state index in [-0.39, 0.29) is 17.6 Å². The maximum absolute atomic E-state index is 11.8. The van der Waals surface area contributed by atoms with E-state index in [1.54, 1.807) is 0 Å². The lowest BCUT2D eigenvalue weighted by Gasteiger charge is -2.36. The van der Waals surface area contributed by atoms with Crippen molar-refractivity contribution in [2.24, 2.45) is 0 Å². The van der Waals surface area contributed by atoms with Crippen LogP contribution in [0.2, 0.25) is 0 Å². The first kappa shape index (κ1) is 11.9. The Kier molecular flexibility index (Phi) is 3.22. The molecule has 0 aromatic rings. The molecule has 2 fully saturated rings. The third-order valence-electron chi connectivity index (χ3n) is 3.56. The molecule has 0 saturated carbocycles. The fraction of sp³-hybridized carbons (Fsp3) is 0.917. The fourth-order valence-corrected chi connectivity index (χ4v) is 2.64. The van der Waals surface area contributed by atoms with E-state index in [1.165, 1.54) is 0 Å². The van der Waals surface area contributed by atoms with Gasteiger partial charge in [0.25, 0.3) is 0 Å². The first-order valence-corrected chi connectivity index (χ1v) is 6.13. The number of hydrogen-bond acceptors (Lipinski definition) is 3. The fourth-order valence-electron chi connectivity index (χ4n) is 2.64. The molecule has 2 aliphatic rings. The van der Waals surface area contributed by atoms with Gasteiger partial charge in [-0.25, -0.2) is 0 Å². The first-order valence-electron chi connectivity index (χ1n) is 6.13. The van der Waals surface area contributed by atoms with Crippen LogP contribution in [0.1, 0.15) is 33.1 Å². The largest absolute Gasteiger partial charge is 0.375 e. The lowest BCUT2D eigenvalue weighted by molar-refractivity contribution is -0.129. The van der Waals surface area contributed by atoms with Crippen molar-refractivity contribution in [2.45, 2.75) is 50.8 Å². The van der Waals surface area contributed by atoms with Crippen molar-refractivity contribution in [1.29, 1.82) is 0 Å². The van der Waals surface area contributed by atoms with Crippen molar-refractivity contribution in [2.75, 3.05) is 20.2 Å². The Morgan fingerprint density at radius 3 is 2.75 bits per heavy atom. The molecule has 1 N–H and O–H groups in total. The van der Waals surface area contributed by atoms with Gasteiger partial charge in [-0.05, 0) is 33.1 Å². The summed E-state index contributed by atoms with van der Waals surface area (Å²) in [6.07, 6.45) is 2.94. The van der Waals surface area contributed by atoms with Crippen LogP contribution in [0.3, 0.4) is 0 Å². The number of rotatable bonds is 2. The van der Waals surface area contributed by atoms with Gasteiger partial charge in [0.2, 0.25) is 5.91 Å². The van der Waals surface area contributed by atoms with E-state index in [0.717, 1.165) is 32.4 Å². The molecule has 4 heteroatoms. The molecular formula is C12H22N2O2. The van der Waals surface area contributed by atoms with Crippen molar-refractivity contribution in [3.8, 4) is 0 Å². The lowest BCUT2D eigenvalue weighted by atomic mass is 9.93. The van der Waals surface area contributed by atoms with E-state index in [4.69, 9.17) is 4.74 Å². The van der Waals surface area contributed by atoms with Crippen LogP contribution >= 0.6 is 0 Å². The topological polar surface area (TPSA) is 41.6 Å².